The first kappa shape index (κ1) is 32.6. The summed E-state index contributed by atoms with van der Waals surface area (Å²) < 4.78 is 0. The third kappa shape index (κ3) is 5.01. The van der Waals surface area contributed by atoms with E-state index in [9.17, 15) is 19.8 Å². The summed E-state index contributed by atoms with van der Waals surface area (Å²) >= 11 is 0. The molecule has 2 amide bonds. The summed E-state index contributed by atoms with van der Waals surface area (Å²) in [5.74, 6) is -3.56. The Hall–Kier alpha value is -5.56. The molecule has 1 heterocycles. The number of likely N-dealkylation sites (tertiary alicyclic amines) is 1. The van der Waals surface area contributed by atoms with E-state index in [1.54, 1.807) is 24.3 Å². The molecule has 2 fully saturated rings. The Bertz CT molecular complexity index is 2130. The van der Waals surface area contributed by atoms with E-state index in [0.717, 1.165) is 22.3 Å². The molecular formula is C44H39NO6. The highest BCUT2D eigenvalue weighted by Gasteiger charge is 2.65. The molecule has 7 heteroatoms. The number of imide groups is 1. The van der Waals surface area contributed by atoms with Crippen LogP contribution < -0.4 is 0 Å². The first-order valence-corrected chi connectivity index (χ1v) is 17.7. The van der Waals surface area contributed by atoms with Crippen LogP contribution >= 0.6 is 0 Å². The van der Waals surface area contributed by atoms with Crippen LogP contribution in [0.3, 0.4) is 0 Å². The molecule has 0 radical (unpaired) electrons. The zero-order valence-electron chi connectivity index (χ0n) is 28.6. The standard InChI is InChI=1S/C44H39NO6/c1-25-21-29(22-26(2)40(25)48)39-32-17-18-33-38(43(51)45(42(33)50)20-19-27-13-15-31(46)16-14-27)35(32)23-36-41(49)34(28-9-5-3-6-10-28)24-37(47)44(36,39)30-11-7-4-8-12-30/h3-17,21-22,24,33,35-36,38-39,46,48H,18-20,23H2,1-2H3/t33-,35+,36-,38-,39-,44-/m0/s1. The molecule has 0 aromatic heterocycles. The van der Waals surface area contributed by atoms with Gasteiger partial charge in [-0.3, -0.25) is 24.1 Å². The van der Waals surface area contributed by atoms with E-state index >= 15 is 9.59 Å². The number of rotatable bonds is 6. The topological polar surface area (TPSA) is 112 Å². The molecule has 2 N–H and O–H groups in total. The molecule has 4 aliphatic rings. The van der Waals surface area contributed by atoms with Crippen molar-refractivity contribution in [3.05, 3.63) is 148 Å². The van der Waals surface area contributed by atoms with Gasteiger partial charge in [0.2, 0.25) is 11.8 Å². The molecule has 8 rings (SSSR count). The van der Waals surface area contributed by atoms with Crippen molar-refractivity contribution in [1.29, 1.82) is 0 Å². The number of phenols is 2. The second kappa shape index (κ2) is 12.3. The molecule has 1 saturated heterocycles. The number of nitrogens with zero attached hydrogens (tertiary/aromatic N) is 1. The van der Waals surface area contributed by atoms with Gasteiger partial charge in [0.15, 0.2) is 11.6 Å². The number of aryl methyl sites for hydroxylation is 2. The van der Waals surface area contributed by atoms with Crippen LogP contribution in [0.2, 0.25) is 0 Å². The number of Topliss-reactive ketones (excluding diaryl/α,β-unsaturated/α-hetero) is 1. The highest BCUT2D eigenvalue weighted by Crippen LogP contribution is 2.63. The summed E-state index contributed by atoms with van der Waals surface area (Å²) in [5, 5.41) is 20.6. The van der Waals surface area contributed by atoms with Crippen molar-refractivity contribution in [2.24, 2.45) is 23.7 Å². The lowest BCUT2D eigenvalue weighted by Gasteiger charge is -2.55. The number of phenolic OH excluding ortho intramolecular Hbond substituents is 2. The molecule has 51 heavy (non-hydrogen) atoms. The van der Waals surface area contributed by atoms with Crippen LogP contribution in [0, 0.1) is 37.5 Å². The number of carbonyl (C=O) groups is 4. The van der Waals surface area contributed by atoms with Crippen LogP contribution in [-0.2, 0) is 31.0 Å². The minimum absolute atomic E-state index is 0.148. The Balaban J connectivity index is 1.30. The quantitative estimate of drug-likeness (QED) is 0.172. The maximum absolute atomic E-state index is 15.2. The van der Waals surface area contributed by atoms with Crippen molar-refractivity contribution in [2.45, 2.75) is 44.4 Å². The molecule has 4 aromatic carbocycles. The molecule has 256 valence electrons. The number of fused-ring (bicyclic) bond motifs is 4. The Morgan fingerprint density at radius 1 is 0.784 bits per heavy atom. The van der Waals surface area contributed by atoms with Crippen LogP contribution in [0.1, 0.15) is 52.1 Å². The Morgan fingerprint density at radius 2 is 1.43 bits per heavy atom. The molecule has 3 aliphatic carbocycles. The number of hydrogen-bond donors (Lipinski definition) is 2. The lowest BCUT2D eigenvalue weighted by Crippen LogP contribution is -2.58. The lowest BCUT2D eigenvalue weighted by atomic mass is 9.44. The number of aromatic hydroxyl groups is 2. The van der Waals surface area contributed by atoms with Gasteiger partial charge in [-0.2, -0.15) is 0 Å². The monoisotopic (exact) mass is 677 g/mol. The van der Waals surface area contributed by atoms with Crippen molar-refractivity contribution in [3.63, 3.8) is 0 Å². The minimum Gasteiger partial charge on any atom is -0.508 e. The van der Waals surface area contributed by atoms with Gasteiger partial charge in [-0.05, 0) is 90.6 Å². The molecule has 1 aliphatic heterocycles. The molecule has 0 unspecified atom stereocenters. The molecule has 6 atom stereocenters. The average molecular weight is 678 g/mol. The van der Waals surface area contributed by atoms with Crippen LogP contribution in [0.15, 0.2) is 115 Å². The smallest absolute Gasteiger partial charge is 0.233 e. The van der Waals surface area contributed by atoms with E-state index in [0.29, 0.717) is 35.1 Å². The van der Waals surface area contributed by atoms with Crippen LogP contribution in [-0.4, -0.2) is 45.0 Å². The predicted molar refractivity (Wildman–Crippen MR) is 193 cm³/mol. The predicted octanol–water partition coefficient (Wildman–Crippen LogP) is 6.78. The van der Waals surface area contributed by atoms with Gasteiger partial charge in [-0.25, -0.2) is 0 Å². The van der Waals surface area contributed by atoms with Gasteiger partial charge in [-0.1, -0.05) is 96.6 Å². The Morgan fingerprint density at radius 3 is 2.10 bits per heavy atom. The number of allylic oxidation sites excluding steroid dienone is 4. The highest BCUT2D eigenvalue weighted by atomic mass is 16.3. The van der Waals surface area contributed by atoms with Crippen molar-refractivity contribution in [2.75, 3.05) is 6.54 Å². The summed E-state index contributed by atoms with van der Waals surface area (Å²) in [6.07, 6.45) is 4.64. The fourth-order valence-corrected chi connectivity index (χ4v) is 9.59. The minimum atomic E-state index is -1.31. The van der Waals surface area contributed by atoms with Gasteiger partial charge >= 0.3 is 0 Å². The molecule has 4 aromatic rings. The SMILES string of the molecule is Cc1cc([C@H]2C3=CC[C@@H]4C(=O)N(CCc5ccc(O)cc5)C(=O)[C@@H]4[C@@H]3C[C@H]3C(=O)C(c4ccccc4)=CC(=O)[C@@]23c2ccccc2)cc(C)c1O. The Labute approximate surface area is 296 Å². The van der Waals surface area contributed by atoms with Crippen molar-refractivity contribution >= 4 is 29.0 Å². The van der Waals surface area contributed by atoms with Gasteiger partial charge in [0, 0.05) is 24.0 Å². The van der Waals surface area contributed by atoms with E-state index in [-0.39, 0.29) is 47.8 Å². The number of amides is 2. The zero-order valence-corrected chi connectivity index (χ0v) is 28.6. The first-order chi connectivity index (χ1) is 24.6. The molecule has 7 nitrogen and oxygen atoms in total. The maximum Gasteiger partial charge on any atom is 0.233 e. The highest BCUT2D eigenvalue weighted by molar-refractivity contribution is 6.31. The van der Waals surface area contributed by atoms with Gasteiger partial charge in [0.05, 0.1) is 17.3 Å². The van der Waals surface area contributed by atoms with E-state index in [2.05, 4.69) is 6.08 Å². The molecule has 0 bridgehead atoms. The van der Waals surface area contributed by atoms with Gasteiger partial charge in [0.25, 0.3) is 0 Å². The van der Waals surface area contributed by atoms with Crippen LogP contribution in [0.5, 0.6) is 11.5 Å². The van der Waals surface area contributed by atoms with Crippen LogP contribution in [0.25, 0.3) is 5.57 Å². The fourth-order valence-electron chi connectivity index (χ4n) is 9.59. The van der Waals surface area contributed by atoms with Gasteiger partial charge in [-0.15, -0.1) is 0 Å². The first-order valence-electron chi connectivity index (χ1n) is 17.7. The second-order valence-electron chi connectivity index (χ2n) is 14.5. The van der Waals surface area contributed by atoms with Gasteiger partial charge in [0.1, 0.15) is 11.5 Å². The molecule has 0 spiro atoms. The summed E-state index contributed by atoms with van der Waals surface area (Å²) in [6, 6.07) is 29.3. The summed E-state index contributed by atoms with van der Waals surface area (Å²) in [6.45, 7) is 3.87. The number of ketones is 2. The van der Waals surface area contributed by atoms with Crippen molar-refractivity contribution in [3.8, 4) is 11.5 Å². The average Bonchev–Trinajstić information content (AvgIpc) is 3.39. The number of hydrogen-bond acceptors (Lipinski definition) is 6. The van der Waals surface area contributed by atoms with Crippen molar-refractivity contribution < 1.29 is 29.4 Å². The molecular weight excluding hydrogens is 638 g/mol. The maximum atomic E-state index is 15.2. The normalized spacial score (nSPS) is 27.0. The lowest BCUT2D eigenvalue weighted by molar-refractivity contribution is -0.140. The van der Waals surface area contributed by atoms with E-state index in [1.807, 2.05) is 86.6 Å². The molecule has 1 saturated carbocycles. The van der Waals surface area contributed by atoms with Crippen molar-refractivity contribution in [1.82, 2.24) is 4.90 Å². The second-order valence-corrected chi connectivity index (χ2v) is 14.5. The van der Waals surface area contributed by atoms with Gasteiger partial charge < -0.3 is 10.2 Å². The van der Waals surface area contributed by atoms with E-state index in [4.69, 9.17) is 0 Å². The van der Waals surface area contributed by atoms with E-state index in [1.165, 1.54) is 11.0 Å². The summed E-state index contributed by atoms with van der Waals surface area (Å²) in [5.41, 5.74) is 4.36. The third-order valence-corrected chi connectivity index (χ3v) is 11.9. The zero-order chi connectivity index (χ0) is 35.6. The third-order valence-electron chi connectivity index (χ3n) is 11.9. The summed E-state index contributed by atoms with van der Waals surface area (Å²) in [4.78, 5) is 60.0. The number of carbonyl (C=O) groups excluding carboxylic acids is 4. The Kier molecular flexibility index (Phi) is 7.90. The van der Waals surface area contributed by atoms with Crippen LogP contribution in [0.4, 0.5) is 0 Å². The van der Waals surface area contributed by atoms with E-state index < -0.39 is 35.0 Å². The fraction of sp³-hybridized carbons (Fsp3) is 0.273. The number of benzene rings is 4. The summed E-state index contributed by atoms with van der Waals surface area (Å²) in [7, 11) is 0. The largest absolute Gasteiger partial charge is 0.508 e.